The van der Waals surface area contributed by atoms with Gasteiger partial charge in [0.05, 0.1) is 29.5 Å². The molecule has 0 radical (unpaired) electrons. The van der Waals surface area contributed by atoms with Crippen LogP contribution in [0.25, 0.3) is 0 Å². The maximum absolute atomic E-state index is 13.3. The van der Waals surface area contributed by atoms with E-state index in [0.29, 0.717) is 11.4 Å². The fraction of sp³-hybridized carbons (Fsp3) is 0.222. The van der Waals surface area contributed by atoms with E-state index in [1.807, 2.05) is 6.92 Å². The van der Waals surface area contributed by atoms with Crippen LogP contribution in [0.3, 0.4) is 0 Å². The van der Waals surface area contributed by atoms with Crippen LogP contribution in [0.15, 0.2) is 64.9 Å². The second-order valence-corrected chi connectivity index (χ2v) is 9.79. The molecule has 0 spiro atoms. The van der Waals surface area contributed by atoms with Crippen LogP contribution >= 0.6 is 0 Å². The molecule has 0 aliphatic carbocycles. The average molecular weight is 393 g/mol. The van der Waals surface area contributed by atoms with E-state index in [2.05, 4.69) is 0 Å². The summed E-state index contributed by atoms with van der Waals surface area (Å²) in [5, 5.41) is 1.06. The molecule has 1 aliphatic heterocycles. The second-order valence-electron chi connectivity index (χ2n) is 6.04. The third-order valence-electron chi connectivity index (χ3n) is 4.10. The molecule has 2 aromatic carbocycles. The Morgan fingerprint density at radius 1 is 1.12 bits per heavy atom. The zero-order chi connectivity index (χ0) is 18.9. The van der Waals surface area contributed by atoms with E-state index < -0.39 is 25.9 Å². The predicted octanol–water partition coefficient (Wildman–Crippen LogP) is 2.51. The molecule has 0 saturated carbocycles. The van der Waals surface area contributed by atoms with Crippen molar-refractivity contribution in [3.63, 3.8) is 0 Å². The molecule has 3 rings (SSSR count). The Balaban J connectivity index is 2.14. The second kappa shape index (κ2) is 6.77. The van der Waals surface area contributed by atoms with Crippen LogP contribution in [0.5, 0.6) is 5.75 Å². The number of rotatable bonds is 5. The number of aryl methyl sites for hydroxylation is 1. The first-order chi connectivity index (χ1) is 12.2. The number of anilines is 1. The van der Waals surface area contributed by atoms with Crippen LogP contribution < -0.4 is 9.04 Å². The monoisotopic (exact) mass is 393 g/mol. The average Bonchev–Trinajstić information content (AvgIpc) is 2.94. The lowest BCUT2D eigenvalue weighted by Crippen LogP contribution is -2.41. The molecule has 0 saturated heterocycles. The Morgan fingerprint density at radius 3 is 2.38 bits per heavy atom. The van der Waals surface area contributed by atoms with E-state index >= 15 is 0 Å². The fourth-order valence-electron chi connectivity index (χ4n) is 2.79. The van der Waals surface area contributed by atoms with Crippen molar-refractivity contribution in [2.45, 2.75) is 17.9 Å². The number of ether oxygens (including phenoxy) is 1. The summed E-state index contributed by atoms with van der Waals surface area (Å²) in [5.74, 6) is 0.186. The molecule has 0 fully saturated rings. The van der Waals surface area contributed by atoms with Crippen molar-refractivity contribution in [1.82, 2.24) is 0 Å². The summed E-state index contributed by atoms with van der Waals surface area (Å²) in [4.78, 5) is 0.101. The van der Waals surface area contributed by atoms with E-state index in [4.69, 9.17) is 4.74 Å². The van der Waals surface area contributed by atoms with Crippen molar-refractivity contribution in [3.8, 4) is 5.75 Å². The Morgan fingerprint density at radius 2 is 1.81 bits per heavy atom. The first-order valence-corrected chi connectivity index (χ1v) is 11.0. The number of sulfonamides is 1. The molecule has 26 heavy (non-hydrogen) atoms. The lowest BCUT2D eigenvalue weighted by molar-refractivity contribution is 0.415. The molecule has 1 atom stereocenters. The van der Waals surface area contributed by atoms with Crippen LogP contribution in [0.2, 0.25) is 0 Å². The van der Waals surface area contributed by atoms with Gasteiger partial charge >= 0.3 is 0 Å². The van der Waals surface area contributed by atoms with Crippen molar-refractivity contribution in [2.24, 2.45) is 0 Å². The quantitative estimate of drug-likeness (QED) is 0.780. The summed E-state index contributed by atoms with van der Waals surface area (Å²) < 4.78 is 56.7. The van der Waals surface area contributed by atoms with Crippen LogP contribution in [-0.4, -0.2) is 35.7 Å². The minimum absolute atomic E-state index is 0.101. The van der Waals surface area contributed by atoms with E-state index in [1.54, 1.807) is 36.4 Å². The standard InChI is InChI=1S/C18H19NO5S2/c1-14-6-8-18(9-7-14)26(22,23)19(16-10-11-25(20,21)13-16)15-4-3-5-17(12-15)24-2/h3-12,16H,13H2,1-2H3/t16-/m0/s1. The Kier molecular flexibility index (Phi) is 4.81. The van der Waals surface area contributed by atoms with Crippen LogP contribution in [-0.2, 0) is 19.9 Å². The van der Waals surface area contributed by atoms with Crippen molar-refractivity contribution in [3.05, 3.63) is 65.6 Å². The molecular weight excluding hydrogens is 374 g/mol. The van der Waals surface area contributed by atoms with Gasteiger partial charge in [-0.05, 0) is 37.3 Å². The van der Waals surface area contributed by atoms with Gasteiger partial charge in [0.1, 0.15) is 5.75 Å². The molecular formula is C18H19NO5S2. The smallest absolute Gasteiger partial charge is 0.264 e. The van der Waals surface area contributed by atoms with Gasteiger partial charge in [0.15, 0.2) is 9.84 Å². The van der Waals surface area contributed by atoms with Gasteiger partial charge in [-0.1, -0.05) is 23.8 Å². The molecule has 1 heterocycles. The molecule has 0 unspecified atom stereocenters. The van der Waals surface area contributed by atoms with E-state index in [-0.39, 0.29) is 10.6 Å². The Labute approximate surface area is 153 Å². The van der Waals surface area contributed by atoms with Gasteiger partial charge in [-0.25, -0.2) is 16.8 Å². The summed E-state index contributed by atoms with van der Waals surface area (Å²) in [6.07, 6.45) is 1.40. The molecule has 8 heteroatoms. The largest absolute Gasteiger partial charge is 0.497 e. The Hall–Kier alpha value is -2.32. The maximum atomic E-state index is 13.3. The van der Waals surface area contributed by atoms with Crippen molar-refractivity contribution < 1.29 is 21.6 Å². The normalized spacial score (nSPS) is 18.6. The first-order valence-electron chi connectivity index (χ1n) is 7.89. The van der Waals surface area contributed by atoms with Gasteiger partial charge in [0, 0.05) is 11.5 Å². The fourth-order valence-corrected chi connectivity index (χ4v) is 5.75. The minimum atomic E-state index is -3.97. The van der Waals surface area contributed by atoms with Crippen molar-refractivity contribution in [1.29, 1.82) is 0 Å². The van der Waals surface area contributed by atoms with Gasteiger partial charge in [-0.15, -0.1) is 0 Å². The number of hydrogen-bond acceptors (Lipinski definition) is 5. The minimum Gasteiger partial charge on any atom is -0.497 e. The first kappa shape index (κ1) is 18.5. The molecule has 1 aliphatic rings. The summed E-state index contributed by atoms with van der Waals surface area (Å²) in [7, 11) is -5.91. The molecule has 0 bridgehead atoms. The van der Waals surface area contributed by atoms with Gasteiger partial charge in [-0.3, -0.25) is 4.31 Å². The molecule has 0 N–H and O–H groups in total. The Bertz CT molecular complexity index is 1040. The van der Waals surface area contributed by atoms with Gasteiger partial charge < -0.3 is 4.74 Å². The number of benzene rings is 2. The lowest BCUT2D eigenvalue weighted by atomic mass is 10.2. The van der Waals surface area contributed by atoms with Crippen LogP contribution in [0.4, 0.5) is 5.69 Å². The molecule has 6 nitrogen and oxygen atoms in total. The molecule has 2 aromatic rings. The highest BCUT2D eigenvalue weighted by Gasteiger charge is 2.36. The van der Waals surface area contributed by atoms with Gasteiger partial charge in [-0.2, -0.15) is 0 Å². The zero-order valence-electron chi connectivity index (χ0n) is 14.4. The highest BCUT2D eigenvalue weighted by Crippen LogP contribution is 2.31. The summed E-state index contributed by atoms with van der Waals surface area (Å²) >= 11 is 0. The third kappa shape index (κ3) is 3.61. The molecule has 0 amide bonds. The summed E-state index contributed by atoms with van der Waals surface area (Å²) in [5.41, 5.74) is 1.27. The third-order valence-corrected chi connectivity index (χ3v) is 7.34. The summed E-state index contributed by atoms with van der Waals surface area (Å²) in [6, 6.07) is 12.2. The van der Waals surface area contributed by atoms with Crippen molar-refractivity contribution in [2.75, 3.05) is 17.2 Å². The topological polar surface area (TPSA) is 80.8 Å². The zero-order valence-corrected chi connectivity index (χ0v) is 16.0. The van der Waals surface area contributed by atoms with Gasteiger partial charge in [0.2, 0.25) is 0 Å². The number of methoxy groups -OCH3 is 1. The SMILES string of the molecule is COc1cccc(N([C@H]2C=CS(=O)(=O)C2)S(=O)(=O)c2ccc(C)cc2)c1. The number of nitrogens with zero attached hydrogens (tertiary/aromatic N) is 1. The van der Waals surface area contributed by atoms with Crippen molar-refractivity contribution >= 4 is 25.5 Å². The molecule has 138 valence electrons. The number of hydrogen-bond donors (Lipinski definition) is 0. The van der Waals surface area contributed by atoms with Crippen LogP contribution in [0, 0.1) is 6.92 Å². The van der Waals surface area contributed by atoms with E-state index in [9.17, 15) is 16.8 Å². The van der Waals surface area contributed by atoms with Gasteiger partial charge in [0.25, 0.3) is 10.0 Å². The highest BCUT2D eigenvalue weighted by atomic mass is 32.2. The summed E-state index contributed by atoms with van der Waals surface area (Å²) in [6.45, 7) is 1.86. The lowest BCUT2D eigenvalue weighted by Gasteiger charge is -2.29. The van der Waals surface area contributed by atoms with Crippen LogP contribution in [0.1, 0.15) is 5.56 Å². The number of sulfone groups is 1. The van der Waals surface area contributed by atoms with E-state index in [0.717, 1.165) is 15.3 Å². The predicted molar refractivity (Wildman–Crippen MR) is 101 cm³/mol. The van der Waals surface area contributed by atoms with E-state index in [1.165, 1.54) is 25.3 Å². The highest BCUT2D eigenvalue weighted by molar-refractivity contribution is 7.95. The molecule has 0 aromatic heterocycles. The maximum Gasteiger partial charge on any atom is 0.264 e.